The summed E-state index contributed by atoms with van der Waals surface area (Å²) in [5.74, 6) is 0.546. The van der Waals surface area contributed by atoms with Gasteiger partial charge in [-0.1, -0.05) is 54.6 Å². The van der Waals surface area contributed by atoms with Crippen LogP contribution in [0.25, 0.3) is 5.57 Å². The predicted octanol–water partition coefficient (Wildman–Crippen LogP) is 4.87. The van der Waals surface area contributed by atoms with Gasteiger partial charge >= 0.3 is 0 Å². The summed E-state index contributed by atoms with van der Waals surface area (Å²) in [6, 6.07) is 24.0. The van der Waals surface area contributed by atoms with Crippen LogP contribution in [0.4, 0.5) is 5.69 Å². The largest absolute Gasteiger partial charge is 0.495 e. The summed E-state index contributed by atoms with van der Waals surface area (Å²) in [6.07, 6.45) is 0.0360. The maximum Gasteiger partial charge on any atom is 0.278 e. The molecular formula is C27H26N2O4. The summed E-state index contributed by atoms with van der Waals surface area (Å²) in [5.41, 5.74) is 2.65. The van der Waals surface area contributed by atoms with Crippen LogP contribution in [0.1, 0.15) is 25.0 Å². The second kappa shape index (κ2) is 9.61. The lowest BCUT2D eigenvalue weighted by Crippen LogP contribution is -2.32. The first kappa shape index (κ1) is 22.1. The van der Waals surface area contributed by atoms with Gasteiger partial charge in [0.05, 0.1) is 31.0 Å². The van der Waals surface area contributed by atoms with E-state index in [1.807, 2.05) is 56.3 Å². The van der Waals surface area contributed by atoms with E-state index in [0.717, 1.165) is 5.56 Å². The van der Waals surface area contributed by atoms with Crippen molar-refractivity contribution >= 4 is 23.1 Å². The van der Waals surface area contributed by atoms with Crippen LogP contribution in [0.5, 0.6) is 11.5 Å². The number of rotatable bonds is 8. The highest BCUT2D eigenvalue weighted by Crippen LogP contribution is 2.34. The number of para-hydroxylation sites is 2. The van der Waals surface area contributed by atoms with E-state index in [4.69, 9.17) is 9.47 Å². The van der Waals surface area contributed by atoms with Crippen molar-refractivity contribution in [2.24, 2.45) is 0 Å². The molecule has 3 aromatic carbocycles. The van der Waals surface area contributed by atoms with Gasteiger partial charge in [0.25, 0.3) is 11.8 Å². The summed E-state index contributed by atoms with van der Waals surface area (Å²) in [4.78, 5) is 28.2. The highest BCUT2D eigenvalue weighted by Gasteiger charge is 2.39. The number of hydrogen-bond donors (Lipinski definition) is 1. The monoisotopic (exact) mass is 442 g/mol. The van der Waals surface area contributed by atoms with E-state index >= 15 is 0 Å². The normalized spacial score (nSPS) is 13.6. The molecular weight excluding hydrogens is 416 g/mol. The summed E-state index contributed by atoms with van der Waals surface area (Å²) < 4.78 is 11.1. The van der Waals surface area contributed by atoms with E-state index in [-0.39, 0.29) is 30.2 Å². The van der Waals surface area contributed by atoms with Crippen molar-refractivity contribution in [2.75, 3.05) is 12.4 Å². The molecule has 33 heavy (non-hydrogen) atoms. The van der Waals surface area contributed by atoms with Gasteiger partial charge in [0, 0.05) is 0 Å². The van der Waals surface area contributed by atoms with Crippen LogP contribution in [0.2, 0.25) is 0 Å². The third kappa shape index (κ3) is 4.75. The number of imide groups is 1. The van der Waals surface area contributed by atoms with Crippen LogP contribution in [0.15, 0.2) is 84.6 Å². The van der Waals surface area contributed by atoms with Gasteiger partial charge in [-0.3, -0.25) is 14.5 Å². The maximum atomic E-state index is 13.5. The quantitative estimate of drug-likeness (QED) is 0.504. The fourth-order valence-corrected chi connectivity index (χ4v) is 3.72. The number of carbonyl (C=O) groups excluding carboxylic acids is 2. The van der Waals surface area contributed by atoms with Gasteiger partial charge in [0.1, 0.15) is 17.2 Å². The van der Waals surface area contributed by atoms with Crippen LogP contribution >= 0.6 is 0 Å². The maximum absolute atomic E-state index is 13.5. The first-order valence-corrected chi connectivity index (χ1v) is 10.8. The molecule has 0 bridgehead atoms. The Morgan fingerprint density at radius 3 is 2.18 bits per heavy atom. The number of amides is 2. The lowest BCUT2D eigenvalue weighted by molar-refractivity contribution is -0.137. The number of ether oxygens (including phenoxy) is 2. The Morgan fingerprint density at radius 2 is 1.52 bits per heavy atom. The van der Waals surface area contributed by atoms with Crippen LogP contribution < -0.4 is 14.8 Å². The second-order valence-electron chi connectivity index (χ2n) is 7.95. The molecule has 0 aliphatic carbocycles. The summed E-state index contributed by atoms with van der Waals surface area (Å²) >= 11 is 0. The molecule has 6 nitrogen and oxygen atoms in total. The van der Waals surface area contributed by atoms with Gasteiger partial charge in [-0.15, -0.1) is 0 Å². The van der Waals surface area contributed by atoms with Gasteiger partial charge in [-0.05, 0) is 49.2 Å². The second-order valence-corrected chi connectivity index (χ2v) is 7.95. The van der Waals surface area contributed by atoms with Crippen LogP contribution in [-0.4, -0.2) is 29.9 Å². The molecule has 2 amide bonds. The molecule has 0 atom stereocenters. The first-order chi connectivity index (χ1) is 16.0. The third-order valence-electron chi connectivity index (χ3n) is 5.23. The molecule has 1 aliphatic rings. The number of nitrogens with zero attached hydrogens (tertiary/aromatic N) is 1. The van der Waals surface area contributed by atoms with Gasteiger partial charge in [0.15, 0.2) is 0 Å². The number of anilines is 1. The van der Waals surface area contributed by atoms with Crippen molar-refractivity contribution in [3.8, 4) is 11.5 Å². The molecule has 1 aliphatic heterocycles. The van der Waals surface area contributed by atoms with E-state index in [9.17, 15) is 9.59 Å². The molecule has 1 heterocycles. The van der Waals surface area contributed by atoms with Gasteiger partial charge < -0.3 is 14.8 Å². The van der Waals surface area contributed by atoms with E-state index in [1.165, 1.54) is 4.90 Å². The highest BCUT2D eigenvalue weighted by atomic mass is 16.5. The van der Waals surface area contributed by atoms with Crippen molar-refractivity contribution in [3.63, 3.8) is 0 Å². The Kier molecular flexibility index (Phi) is 6.45. The average molecular weight is 443 g/mol. The molecule has 0 saturated heterocycles. The Balaban J connectivity index is 1.74. The highest BCUT2D eigenvalue weighted by molar-refractivity contribution is 6.36. The van der Waals surface area contributed by atoms with Crippen molar-refractivity contribution in [3.05, 3.63) is 95.7 Å². The van der Waals surface area contributed by atoms with Crippen molar-refractivity contribution < 1.29 is 19.1 Å². The number of methoxy groups -OCH3 is 1. The predicted molar refractivity (Wildman–Crippen MR) is 128 cm³/mol. The van der Waals surface area contributed by atoms with Crippen LogP contribution in [0, 0.1) is 0 Å². The van der Waals surface area contributed by atoms with Gasteiger partial charge in [-0.2, -0.15) is 0 Å². The fourth-order valence-electron chi connectivity index (χ4n) is 3.72. The van der Waals surface area contributed by atoms with Gasteiger partial charge in [-0.25, -0.2) is 0 Å². The molecule has 0 aromatic heterocycles. The Bertz CT molecular complexity index is 1180. The number of carbonyl (C=O) groups is 2. The number of nitrogens with one attached hydrogen (secondary N) is 1. The van der Waals surface area contributed by atoms with E-state index in [0.29, 0.717) is 28.3 Å². The van der Waals surface area contributed by atoms with E-state index in [1.54, 1.807) is 43.5 Å². The zero-order valence-corrected chi connectivity index (χ0v) is 18.9. The summed E-state index contributed by atoms with van der Waals surface area (Å²) in [5, 5.41) is 3.16. The first-order valence-electron chi connectivity index (χ1n) is 10.8. The van der Waals surface area contributed by atoms with Crippen molar-refractivity contribution in [2.45, 2.75) is 26.5 Å². The molecule has 0 unspecified atom stereocenters. The Hall–Kier alpha value is -4.06. The molecule has 0 saturated carbocycles. The number of hydrogen-bond acceptors (Lipinski definition) is 5. The standard InChI is InChI=1S/C27H26N2O4/c1-18(2)33-21-15-13-20(14-16-21)24-25(28-22-11-7-8-12-23(22)32-3)27(31)29(26(24)30)17-19-9-5-4-6-10-19/h4-16,18,28H,17H2,1-3H3. The fraction of sp³-hybridized carbons (Fsp3) is 0.185. The summed E-state index contributed by atoms with van der Waals surface area (Å²) in [7, 11) is 1.56. The summed E-state index contributed by atoms with van der Waals surface area (Å²) in [6.45, 7) is 4.09. The third-order valence-corrected chi connectivity index (χ3v) is 5.23. The Morgan fingerprint density at radius 1 is 0.848 bits per heavy atom. The minimum absolute atomic E-state index is 0.0360. The van der Waals surface area contributed by atoms with E-state index < -0.39 is 0 Å². The molecule has 0 fully saturated rings. The zero-order valence-electron chi connectivity index (χ0n) is 18.9. The minimum Gasteiger partial charge on any atom is -0.495 e. The van der Waals surface area contributed by atoms with Crippen molar-refractivity contribution in [1.29, 1.82) is 0 Å². The molecule has 0 spiro atoms. The number of benzene rings is 3. The SMILES string of the molecule is COc1ccccc1NC1=C(c2ccc(OC(C)C)cc2)C(=O)N(Cc2ccccc2)C1=O. The average Bonchev–Trinajstić information content (AvgIpc) is 3.04. The zero-order chi connectivity index (χ0) is 23.4. The molecule has 0 radical (unpaired) electrons. The molecule has 1 N–H and O–H groups in total. The Labute approximate surface area is 193 Å². The van der Waals surface area contributed by atoms with Crippen LogP contribution in [-0.2, 0) is 16.1 Å². The molecule has 6 heteroatoms. The lowest BCUT2D eigenvalue weighted by Gasteiger charge is -2.16. The molecule has 4 rings (SSSR count). The van der Waals surface area contributed by atoms with E-state index in [2.05, 4.69) is 5.32 Å². The van der Waals surface area contributed by atoms with Crippen LogP contribution in [0.3, 0.4) is 0 Å². The lowest BCUT2D eigenvalue weighted by atomic mass is 10.0. The minimum atomic E-state index is -0.382. The van der Waals surface area contributed by atoms with Gasteiger partial charge in [0.2, 0.25) is 0 Å². The molecule has 168 valence electrons. The van der Waals surface area contributed by atoms with Crippen molar-refractivity contribution in [1.82, 2.24) is 4.90 Å². The topological polar surface area (TPSA) is 67.9 Å². The smallest absolute Gasteiger partial charge is 0.278 e. The molecule has 3 aromatic rings.